The number of sulfone groups is 1. The Kier molecular flexibility index (Phi) is 5.89. The molecule has 0 saturated carbocycles. The van der Waals surface area contributed by atoms with Crippen molar-refractivity contribution in [3.8, 4) is 0 Å². The quantitative estimate of drug-likeness (QED) is 0.524. The van der Waals surface area contributed by atoms with Gasteiger partial charge in [0.1, 0.15) is 0 Å². The van der Waals surface area contributed by atoms with Gasteiger partial charge in [-0.1, -0.05) is 51.4 Å². The van der Waals surface area contributed by atoms with Gasteiger partial charge in [0.25, 0.3) is 0 Å². The fraction of sp³-hybridized carbons (Fsp3) is 0.316. The van der Waals surface area contributed by atoms with Crippen molar-refractivity contribution < 1.29 is 21.6 Å². The summed E-state index contributed by atoms with van der Waals surface area (Å²) >= 11 is 11.0. The van der Waals surface area contributed by atoms with E-state index in [0.717, 1.165) is 22.2 Å². The van der Waals surface area contributed by atoms with Gasteiger partial charge in [-0.2, -0.15) is 13.2 Å². The standard InChI is InChI=1S/C19H15BrClF3N2O2S2/c20-13-4-1-11(2-5-13)8-29-18-25-15-9-30(27,28)10-17(15)26(18)16-7-12(19(22,23)24)3-6-14(16)21/h1-7,15,17H,8-10H2/t15-,17+/m0/s1. The molecule has 2 aromatic carbocycles. The largest absolute Gasteiger partial charge is 0.416 e. The monoisotopic (exact) mass is 538 g/mol. The van der Waals surface area contributed by atoms with Crippen LogP contribution in [-0.4, -0.2) is 37.2 Å². The Hall–Kier alpha value is -1.23. The molecule has 0 bridgehead atoms. The predicted molar refractivity (Wildman–Crippen MR) is 118 cm³/mol. The maximum atomic E-state index is 13.3. The molecule has 0 spiro atoms. The first kappa shape index (κ1) is 22.0. The van der Waals surface area contributed by atoms with E-state index in [-0.39, 0.29) is 22.2 Å². The number of hydrogen-bond acceptors (Lipinski definition) is 5. The molecule has 0 aliphatic carbocycles. The first-order valence-corrected chi connectivity index (χ1v) is 12.8. The molecule has 30 heavy (non-hydrogen) atoms. The minimum absolute atomic E-state index is 0.116. The number of thioether (sulfide) groups is 1. The topological polar surface area (TPSA) is 49.7 Å². The summed E-state index contributed by atoms with van der Waals surface area (Å²) in [6, 6.07) is 9.63. The molecule has 1 saturated heterocycles. The fourth-order valence-electron chi connectivity index (χ4n) is 3.52. The van der Waals surface area contributed by atoms with E-state index in [1.165, 1.54) is 17.8 Å². The van der Waals surface area contributed by atoms with Crippen LogP contribution in [0.15, 0.2) is 51.9 Å². The van der Waals surface area contributed by atoms with Crippen LogP contribution >= 0.6 is 39.3 Å². The van der Waals surface area contributed by atoms with E-state index in [1.54, 1.807) is 4.90 Å². The Balaban J connectivity index is 1.69. The molecule has 4 rings (SSSR count). The second-order valence-electron chi connectivity index (χ2n) is 7.07. The molecule has 0 radical (unpaired) electrons. The van der Waals surface area contributed by atoms with Crippen LogP contribution in [0.4, 0.5) is 18.9 Å². The number of alkyl halides is 3. The zero-order valence-corrected chi connectivity index (χ0v) is 19.2. The van der Waals surface area contributed by atoms with Crippen LogP contribution in [0.3, 0.4) is 0 Å². The van der Waals surface area contributed by atoms with E-state index in [4.69, 9.17) is 11.6 Å². The molecule has 1 fully saturated rings. The van der Waals surface area contributed by atoms with E-state index in [9.17, 15) is 21.6 Å². The fourth-order valence-corrected chi connectivity index (χ4v) is 6.91. The smallest absolute Gasteiger partial charge is 0.313 e. The van der Waals surface area contributed by atoms with E-state index < -0.39 is 33.7 Å². The molecule has 0 aromatic heterocycles. The molecule has 2 aliphatic rings. The first-order valence-electron chi connectivity index (χ1n) is 8.85. The number of halogens is 5. The molecular formula is C19H15BrClF3N2O2S2. The maximum absolute atomic E-state index is 13.3. The van der Waals surface area contributed by atoms with Crippen molar-refractivity contribution in [1.82, 2.24) is 0 Å². The summed E-state index contributed by atoms with van der Waals surface area (Å²) in [7, 11) is -3.32. The molecule has 0 amide bonds. The van der Waals surface area contributed by atoms with Gasteiger partial charge in [0, 0.05) is 10.2 Å². The SMILES string of the molecule is O=S1(=O)C[C@@H]2N=C(SCc3ccc(Br)cc3)N(c3cc(C(F)(F)F)ccc3Cl)[C@@H]2C1. The third kappa shape index (κ3) is 4.51. The second kappa shape index (κ2) is 8.03. The lowest BCUT2D eigenvalue weighted by atomic mass is 10.1. The highest BCUT2D eigenvalue weighted by Gasteiger charge is 2.48. The molecule has 2 atom stereocenters. The molecule has 11 heteroatoms. The third-order valence-corrected chi connectivity index (χ3v) is 8.51. The minimum Gasteiger partial charge on any atom is -0.313 e. The average Bonchev–Trinajstić information content (AvgIpc) is 3.12. The molecule has 160 valence electrons. The van der Waals surface area contributed by atoms with Crippen LogP contribution in [-0.2, 0) is 21.8 Å². The number of fused-ring (bicyclic) bond motifs is 1. The Bertz CT molecular complexity index is 1110. The van der Waals surface area contributed by atoms with Crippen molar-refractivity contribution in [3.05, 3.63) is 63.1 Å². The zero-order valence-electron chi connectivity index (χ0n) is 15.2. The van der Waals surface area contributed by atoms with Crippen molar-refractivity contribution in [3.63, 3.8) is 0 Å². The molecule has 2 aromatic rings. The van der Waals surface area contributed by atoms with Crippen molar-refractivity contribution in [2.45, 2.75) is 24.0 Å². The van der Waals surface area contributed by atoms with Gasteiger partial charge >= 0.3 is 6.18 Å². The van der Waals surface area contributed by atoms with Crippen LogP contribution < -0.4 is 4.90 Å². The molecular weight excluding hydrogens is 525 g/mol. The van der Waals surface area contributed by atoms with Gasteiger partial charge < -0.3 is 4.90 Å². The summed E-state index contributed by atoms with van der Waals surface area (Å²) in [4.78, 5) is 6.11. The number of aliphatic imine (C=N–C) groups is 1. The van der Waals surface area contributed by atoms with Crippen LogP contribution in [0.5, 0.6) is 0 Å². The number of hydrogen-bond donors (Lipinski definition) is 0. The van der Waals surface area contributed by atoms with Gasteiger partial charge in [0.2, 0.25) is 0 Å². The number of benzene rings is 2. The lowest BCUT2D eigenvalue weighted by Crippen LogP contribution is -2.39. The number of anilines is 1. The number of amidine groups is 1. The molecule has 0 N–H and O–H groups in total. The maximum Gasteiger partial charge on any atom is 0.416 e. The summed E-state index contributed by atoms with van der Waals surface area (Å²) in [6.45, 7) is 0. The average molecular weight is 540 g/mol. The summed E-state index contributed by atoms with van der Waals surface area (Å²) in [5.41, 5.74) is 0.285. The van der Waals surface area contributed by atoms with Crippen molar-refractivity contribution in [1.29, 1.82) is 0 Å². The van der Waals surface area contributed by atoms with Gasteiger partial charge in [-0.05, 0) is 35.9 Å². The summed E-state index contributed by atoms with van der Waals surface area (Å²) < 4.78 is 65.0. The van der Waals surface area contributed by atoms with Gasteiger partial charge in [-0.15, -0.1) is 0 Å². The van der Waals surface area contributed by atoms with E-state index in [1.807, 2.05) is 24.3 Å². The van der Waals surface area contributed by atoms with Gasteiger partial charge in [0.05, 0.1) is 39.9 Å². The highest BCUT2D eigenvalue weighted by Crippen LogP contribution is 2.41. The highest BCUT2D eigenvalue weighted by atomic mass is 79.9. The van der Waals surface area contributed by atoms with Gasteiger partial charge in [-0.3, -0.25) is 4.99 Å². The van der Waals surface area contributed by atoms with Crippen molar-refractivity contribution in [2.75, 3.05) is 16.4 Å². The Morgan fingerprint density at radius 3 is 2.53 bits per heavy atom. The molecule has 4 nitrogen and oxygen atoms in total. The van der Waals surface area contributed by atoms with E-state index in [0.29, 0.717) is 10.9 Å². The first-order chi connectivity index (χ1) is 14.0. The lowest BCUT2D eigenvalue weighted by Gasteiger charge is -2.28. The van der Waals surface area contributed by atoms with E-state index in [2.05, 4.69) is 20.9 Å². The zero-order chi connectivity index (χ0) is 21.7. The van der Waals surface area contributed by atoms with Crippen LogP contribution in [0.25, 0.3) is 0 Å². The van der Waals surface area contributed by atoms with E-state index >= 15 is 0 Å². The molecule has 2 heterocycles. The van der Waals surface area contributed by atoms with Crippen LogP contribution in [0.1, 0.15) is 11.1 Å². The summed E-state index contributed by atoms with van der Waals surface area (Å²) in [5.74, 6) is 0.245. The Morgan fingerprint density at radius 2 is 1.87 bits per heavy atom. The Morgan fingerprint density at radius 1 is 1.17 bits per heavy atom. The van der Waals surface area contributed by atoms with Gasteiger partial charge in [0.15, 0.2) is 15.0 Å². The summed E-state index contributed by atoms with van der Waals surface area (Å²) in [6.07, 6.45) is -4.54. The van der Waals surface area contributed by atoms with Crippen molar-refractivity contribution >= 4 is 60.0 Å². The Labute approximate surface area is 189 Å². The van der Waals surface area contributed by atoms with Gasteiger partial charge in [-0.25, -0.2) is 8.42 Å². The second-order valence-corrected chi connectivity index (χ2v) is 11.5. The number of nitrogens with zero attached hydrogens (tertiary/aromatic N) is 2. The molecule has 2 aliphatic heterocycles. The number of rotatable bonds is 3. The highest BCUT2D eigenvalue weighted by molar-refractivity contribution is 9.10. The summed E-state index contributed by atoms with van der Waals surface area (Å²) in [5, 5.41) is 0.592. The van der Waals surface area contributed by atoms with Crippen LogP contribution in [0, 0.1) is 0 Å². The van der Waals surface area contributed by atoms with Crippen molar-refractivity contribution in [2.24, 2.45) is 4.99 Å². The normalized spacial score (nSPS) is 22.8. The third-order valence-electron chi connectivity index (χ3n) is 4.92. The minimum atomic E-state index is -4.54. The van der Waals surface area contributed by atoms with Crippen LogP contribution in [0.2, 0.25) is 5.02 Å². The predicted octanol–water partition coefficient (Wildman–Crippen LogP) is 5.40. The lowest BCUT2D eigenvalue weighted by molar-refractivity contribution is -0.137. The molecule has 0 unspecified atom stereocenters.